The third-order valence-electron chi connectivity index (χ3n) is 7.32. The summed E-state index contributed by atoms with van der Waals surface area (Å²) < 4.78 is 5.79. The van der Waals surface area contributed by atoms with Crippen LogP contribution in [-0.4, -0.2) is 69.2 Å². The van der Waals surface area contributed by atoms with Crippen molar-refractivity contribution in [3.63, 3.8) is 0 Å². The summed E-state index contributed by atoms with van der Waals surface area (Å²) in [4.78, 5) is 44.6. The summed E-state index contributed by atoms with van der Waals surface area (Å²) >= 11 is 1.53. The molecule has 1 aliphatic rings. The molecule has 2 heterocycles. The molecule has 0 unspecified atom stereocenters. The van der Waals surface area contributed by atoms with E-state index in [1.54, 1.807) is 25.7 Å². The summed E-state index contributed by atoms with van der Waals surface area (Å²) in [5.41, 5.74) is 0.323. The second-order valence-electron chi connectivity index (χ2n) is 10.7. The Balaban J connectivity index is 2.35. The number of carbonyl (C=O) groups excluding carboxylic acids is 3. The fourth-order valence-electron chi connectivity index (χ4n) is 4.65. The molecular formula is C27H42N2O6S. The number of esters is 1. The SMILES string of the molecule is CC(=O)N1CCC[C@H](C)[C@H](O)[C@@H](C)C(=O)C(C)(C)[C@@H](O)CC(=O)O[C@H](/C(C)=C/c2csc(C)n2)CC1. The van der Waals surface area contributed by atoms with Crippen molar-refractivity contribution < 1.29 is 29.3 Å². The highest BCUT2D eigenvalue weighted by Gasteiger charge is 2.42. The molecule has 0 aliphatic carbocycles. The van der Waals surface area contributed by atoms with Crippen molar-refractivity contribution in [1.29, 1.82) is 0 Å². The van der Waals surface area contributed by atoms with Gasteiger partial charge in [-0.25, -0.2) is 4.98 Å². The quantitative estimate of drug-likeness (QED) is 0.568. The number of aliphatic hydroxyl groups excluding tert-OH is 2. The number of Topliss-reactive ketones (excluding diaryl/α,β-unsaturated/α-hetero) is 1. The molecule has 1 amide bonds. The van der Waals surface area contributed by atoms with E-state index in [4.69, 9.17) is 4.74 Å². The van der Waals surface area contributed by atoms with E-state index in [9.17, 15) is 24.6 Å². The first-order valence-corrected chi connectivity index (χ1v) is 13.6. The van der Waals surface area contributed by atoms with Gasteiger partial charge in [-0.2, -0.15) is 0 Å². The minimum Gasteiger partial charge on any atom is -0.458 e. The number of ketones is 1. The lowest BCUT2D eigenvalue weighted by molar-refractivity contribution is -0.154. The molecule has 1 aromatic rings. The Morgan fingerprint density at radius 2 is 1.86 bits per heavy atom. The molecule has 202 valence electrons. The smallest absolute Gasteiger partial charge is 0.309 e. The van der Waals surface area contributed by atoms with Gasteiger partial charge < -0.3 is 19.8 Å². The van der Waals surface area contributed by atoms with Crippen molar-refractivity contribution in [2.24, 2.45) is 17.3 Å². The van der Waals surface area contributed by atoms with Gasteiger partial charge in [0.05, 0.1) is 34.7 Å². The first kappa shape index (κ1) is 30.1. The highest BCUT2D eigenvalue weighted by molar-refractivity contribution is 7.09. The van der Waals surface area contributed by atoms with Crippen LogP contribution >= 0.6 is 11.3 Å². The van der Waals surface area contributed by atoms with Crippen molar-refractivity contribution in [3.05, 3.63) is 21.7 Å². The number of carbonyl (C=O) groups is 3. The summed E-state index contributed by atoms with van der Waals surface area (Å²) in [6.07, 6.45) is 0.453. The summed E-state index contributed by atoms with van der Waals surface area (Å²) in [5.74, 6) is -1.88. The number of ether oxygens (including phenoxy) is 1. The van der Waals surface area contributed by atoms with Crippen LogP contribution in [0.3, 0.4) is 0 Å². The van der Waals surface area contributed by atoms with Gasteiger partial charge in [0.2, 0.25) is 5.91 Å². The first-order valence-electron chi connectivity index (χ1n) is 12.7. The summed E-state index contributed by atoms with van der Waals surface area (Å²) in [7, 11) is 0. The van der Waals surface area contributed by atoms with Crippen LogP contribution in [0.4, 0.5) is 0 Å². The van der Waals surface area contributed by atoms with E-state index in [1.165, 1.54) is 18.3 Å². The lowest BCUT2D eigenvalue weighted by atomic mass is 9.73. The third kappa shape index (κ3) is 7.95. The van der Waals surface area contributed by atoms with Crippen LogP contribution in [0.5, 0.6) is 0 Å². The molecule has 5 atom stereocenters. The monoisotopic (exact) mass is 522 g/mol. The number of rotatable bonds is 2. The summed E-state index contributed by atoms with van der Waals surface area (Å²) in [5, 5.41) is 24.5. The zero-order valence-electron chi connectivity index (χ0n) is 22.6. The number of thiazole rings is 1. The lowest BCUT2D eigenvalue weighted by Gasteiger charge is -2.35. The van der Waals surface area contributed by atoms with Crippen molar-refractivity contribution in [1.82, 2.24) is 9.88 Å². The van der Waals surface area contributed by atoms with Crippen molar-refractivity contribution in [2.45, 2.75) is 92.5 Å². The van der Waals surface area contributed by atoms with Crippen LogP contribution in [0.15, 0.2) is 11.0 Å². The first-order chi connectivity index (χ1) is 16.7. The normalized spacial score (nSPS) is 29.6. The van der Waals surface area contributed by atoms with Gasteiger partial charge in [-0.1, -0.05) is 27.7 Å². The molecule has 0 bridgehead atoms. The highest BCUT2D eigenvalue weighted by Crippen LogP contribution is 2.32. The molecule has 2 rings (SSSR count). The number of cyclic esters (lactones) is 1. The van der Waals surface area contributed by atoms with Crippen LogP contribution in [0.2, 0.25) is 0 Å². The molecule has 1 aromatic heterocycles. The number of hydrogen-bond donors (Lipinski definition) is 2. The lowest BCUT2D eigenvalue weighted by Crippen LogP contribution is -2.46. The van der Waals surface area contributed by atoms with Crippen LogP contribution in [0, 0.1) is 24.2 Å². The Hall–Kier alpha value is -2.10. The zero-order chi connectivity index (χ0) is 27.2. The molecule has 0 radical (unpaired) electrons. The predicted molar refractivity (Wildman–Crippen MR) is 140 cm³/mol. The summed E-state index contributed by atoms with van der Waals surface area (Å²) in [6, 6.07) is 0. The van der Waals surface area contributed by atoms with Crippen molar-refractivity contribution >= 4 is 35.1 Å². The van der Waals surface area contributed by atoms with E-state index in [0.717, 1.165) is 16.3 Å². The largest absolute Gasteiger partial charge is 0.458 e. The number of aromatic nitrogens is 1. The van der Waals surface area contributed by atoms with Gasteiger partial charge in [0.15, 0.2) is 0 Å². The Morgan fingerprint density at radius 3 is 2.44 bits per heavy atom. The van der Waals surface area contributed by atoms with Crippen LogP contribution in [0.25, 0.3) is 6.08 Å². The molecule has 8 nitrogen and oxygen atoms in total. The minimum absolute atomic E-state index is 0.0770. The molecule has 1 aliphatic heterocycles. The van der Waals surface area contributed by atoms with Gasteiger partial charge in [-0.3, -0.25) is 14.4 Å². The van der Waals surface area contributed by atoms with E-state index in [-0.39, 0.29) is 24.0 Å². The molecule has 9 heteroatoms. The molecule has 0 aromatic carbocycles. The van der Waals surface area contributed by atoms with E-state index < -0.39 is 35.6 Å². The van der Waals surface area contributed by atoms with Gasteiger partial charge >= 0.3 is 5.97 Å². The second-order valence-corrected chi connectivity index (χ2v) is 11.7. The number of amides is 1. The van der Waals surface area contributed by atoms with E-state index in [0.29, 0.717) is 32.4 Å². The fourth-order valence-corrected chi connectivity index (χ4v) is 5.22. The molecule has 1 fully saturated rings. The Kier molecular flexibility index (Phi) is 10.8. The maximum Gasteiger partial charge on any atom is 0.309 e. The van der Waals surface area contributed by atoms with Crippen molar-refractivity contribution in [2.75, 3.05) is 13.1 Å². The molecule has 0 spiro atoms. The fraction of sp³-hybridized carbons (Fsp3) is 0.704. The standard InChI is InChI=1S/C27H42N2O6S/c1-16-9-8-11-29(20(5)30)12-10-22(17(2)13-21-15-36-19(4)28-21)35-24(32)14-23(31)27(6,7)26(34)18(3)25(16)33/h13,15-16,18,22-23,25,31,33H,8-12,14H2,1-7H3/b17-13+/t16-,18+,22-,23-,25-/m0/s1. The maximum atomic E-state index is 13.2. The number of nitrogens with zero attached hydrogens (tertiary/aromatic N) is 2. The maximum absolute atomic E-state index is 13.2. The van der Waals surface area contributed by atoms with E-state index >= 15 is 0 Å². The minimum atomic E-state index is -1.27. The molecule has 36 heavy (non-hydrogen) atoms. The molecule has 0 saturated carbocycles. The number of aryl methyl sites for hydroxylation is 1. The Labute approximate surface area is 218 Å². The van der Waals surface area contributed by atoms with Gasteiger partial charge in [0, 0.05) is 37.7 Å². The Morgan fingerprint density at radius 1 is 1.19 bits per heavy atom. The average Bonchev–Trinajstić information content (AvgIpc) is 3.21. The number of aliphatic hydroxyl groups is 2. The molecular weight excluding hydrogens is 480 g/mol. The molecule has 2 N–H and O–H groups in total. The number of hydrogen-bond acceptors (Lipinski definition) is 8. The summed E-state index contributed by atoms with van der Waals surface area (Å²) in [6.45, 7) is 12.9. The van der Waals surface area contributed by atoms with Gasteiger partial charge in [-0.05, 0) is 44.3 Å². The average molecular weight is 523 g/mol. The van der Waals surface area contributed by atoms with Crippen LogP contribution in [-0.2, 0) is 19.1 Å². The topological polar surface area (TPSA) is 117 Å². The van der Waals surface area contributed by atoms with Crippen molar-refractivity contribution in [3.8, 4) is 0 Å². The predicted octanol–water partition coefficient (Wildman–Crippen LogP) is 3.78. The Bertz CT molecular complexity index is 956. The highest BCUT2D eigenvalue weighted by atomic mass is 32.1. The van der Waals surface area contributed by atoms with Gasteiger partial charge in [0.25, 0.3) is 0 Å². The zero-order valence-corrected chi connectivity index (χ0v) is 23.4. The van der Waals surface area contributed by atoms with E-state index in [2.05, 4.69) is 4.98 Å². The van der Waals surface area contributed by atoms with Gasteiger partial charge in [0.1, 0.15) is 11.9 Å². The molecule has 1 saturated heterocycles. The van der Waals surface area contributed by atoms with E-state index in [1.807, 2.05) is 32.2 Å². The van der Waals surface area contributed by atoms with Gasteiger partial charge in [-0.15, -0.1) is 11.3 Å². The van der Waals surface area contributed by atoms with Crippen LogP contribution in [0.1, 0.15) is 77.9 Å². The second kappa shape index (κ2) is 12.9. The third-order valence-corrected chi connectivity index (χ3v) is 8.12. The van der Waals surface area contributed by atoms with Crippen LogP contribution < -0.4 is 0 Å².